The van der Waals surface area contributed by atoms with E-state index in [-0.39, 0.29) is 23.2 Å². The molecule has 1 atom stereocenters. The van der Waals surface area contributed by atoms with Crippen molar-refractivity contribution in [1.29, 1.82) is 0 Å². The van der Waals surface area contributed by atoms with E-state index < -0.39 is 12.0 Å². The van der Waals surface area contributed by atoms with Crippen LogP contribution in [0.15, 0.2) is 22.7 Å². The van der Waals surface area contributed by atoms with Crippen LogP contribution in [0.25, 0.3) is 0 Å². The van der Waals surface area contributed by atoms with Crippen molar-refractivity contribution >= 4 is 39.5 Å². The summed E-state index contributed by atoms with van der Waals surface area (Å²) in [7, 11) is 0. The topological polar surface area (TPSA) is 108 Å². The summed E-state index contributed by atoms with van der Waals surface area (Å²) >= 11 is 3.22. The monoisotopic (exact) mass is 355 g/mol. The lowest BCUT2D eigenvalue weighted by atomic mass is 10.2. The van der Waals surface area contributed by atoms with Crippen LogP contribution in [0.2, 0.25) is 0 Å². The summed E-state index contributed by atoms with van der Waals surface area (Å²) in [4.78, 5) is 33.9. The number of carbonyl (C=O) groups is 3. The molecule has 0 aliphatic carbocycles. The zero-order valence-corrected chi connectivity index (χ0v) is 12.6. The summed E-state index contributed by atoms with van der Waals surface area (Å²) in [6.45, 7) is 0.300. The third kappa shape index (κ3) is 4.19. The predicted molar refractivity (Wildman–Crippen MR) is 79.3 cm³/mol. The molecule has 0 radical (unpaired) electrons. The van der Waals surface area contributed by atoms with Crippen molar-refractivity contribution in [1.82, 2.24) is 10.6 Å². The van der Waals surface area contributed by atoms with Crippen LogP contribution in [0, 0.1) is 0 Å². The van der Waals surface area contributed by atoms with Gasteiger partial charge in [0.1, 0.15) is 0 Å². The highest BCUT2D eigenvalue weighted by Crippen LogP contribution is 2.21. The Hall–Kier alpha value is -2.09. The molecule has 0 aromatic heterocycles. The Labute approximate surface area is 129 Å². The summed E-state index contributed by atoms with van der Waals surface area (Å²) in [5.74, 6) is -1.15. The van der Waals surface area contributed by atoms with Crippen LogP contribution in [-0.2, 0) is 4.79 Å². The highest BCUT2D eigenvalue weighted by Gasteiger charge is 2.21. The molecule has 2 rings (SSSR count). The maximum Gasteiger partial charge on any atom is 0.337 e. The summed E-state index contributed by atoms with van der Waals surface area (Å²) < 4.78 is 0.658. The molecule has 4 N–H and O–H groups in total. The lowest BCUT2D eigenvalue weighted by Gasteiger charge is -2.13. The average Bonchev–Trinajstić information content (AvgIpc) is 2.82. The van der Waals surface area contributed by atoms with Crippen molar-refractivity contribution in [3.8, 4) is 0 Å². The molecule has 0 bridgehead atoms. The summed E-state index contributed by atoms with van der Waals surface area (Å²) in [6.07, 6.45) is 1.14. The molecule has 7 nitrogen and oxygen atoms in total. The lowest BCUT2D eigenvalue weighted by molar-refractivity contribution is -0.119. The molecular formula is C13H14BrN3O4. The Morgan fingerprint density at radius 1 is 1.43 bits per heavy atom. The summed E-state index contributed by atoms with van der Waals surface area (Å²) in [5.41, 5.74) is 0.201. The minimum Gasteiger partial charge on any atom is -0.478 e. The van der Waals surface area contributed by atoms with Crippen LogP contribution in [-0.4, -0.2) is 35.6 Å². The molecule has 1 heterocycles. The van der Waals surface area contributed by atoms with E-state index in [1.807, 2.05) is 0 Å². The first kappa shape index (κ1) is 15.3. The largest absolute Gasteiger partial charge is 0.478 e. The first-order chi connectivity index (χ1) is 9.95. The van der Waals surface area contributed by atoms with Crippen molar-refractivity contribution in [2.45, 2.75) is 18.9 Å². The fraction of sp³-hybridized carbons (Fsp3) is 0.308. The van der Waals surface area contributed by atoms with E-state index in [1.165, 1.54) is 12.1 Å². The maximum atomic E-state index is 11.8. The Bertz CT molecular complexity index is 591. The van der Waals surface area contributed by atoms with Gasteiger partial charge in [0.05, 0.1) is 11.3 Å². The van der Waals surface area contributed by atoms with E-state index in [9.17, 15) is 14.4 Å². The number of nitrogens with one attached hydrogen (secondary N) is 3. The minimum absolute atomic E-state index is 0.00233. The van der Waals surface area contributed by atoms with E-state index in [4.69, 9.17) is 5.11 Å². The molecule has 0 spiro atoms. The average molecular weight is 356 g/mol. The molecule has 1 aliphatic heterocycles. The first-order valence-corrected chi connectivity index (χ1v) is 7.12. The van der Waals surface area contributed by atoms with Gasteiger partial charge in [0.2, 0.25) is 5.91 Å². The quantitative estimate of drug-likeness (QED) is 0.656. The predicted octanol–water partition coefficient (Wildman–Crippen LogP) is 1.55. The number of halogens is 1. The Kier molecular flexibility index (Phi) is 4.79. The summed E-state index contributed by atoms with van der Waals surface area (Å²) in [6, 6.07) is 3.90. The number of urea groups is 1. The SMILES string of the molecule is O=C1CCC(CNC(=O)Nc2cc(Br)ccc2C(=O)O)N1. The van der Waals surface area contributed by atoms with Crippen molar-refractivity contribution in [3.63, 3.8) is 0 Å². The number of hydrogen-bond acceptors (Lipinski definition) is 3. The Balaban J connectivity index is 1.94. The second-order valence-electron chi connectivity index (χ2n) is 4.63. The van der Waals surface area contributed by atoms with Crippen molar-refractivity contribution in [2.24, 2.45) is 0 Å². The molecule has 3 amide bonds. The molecule has 112 valence electrons. The van der Waals surface area contributed by atoms with Gasteiger partial charge in [-0.05, 0) is 24.6 Å². The summed E-state index contributed by atoms with van der Waals surface area (Å²) in [5, 5.41) is 16.9. The van der Waals surface area contributed by atoms with Crippen LogP contribution in [0.3, 0.4) is 0 Å². The van der Waals surface area contributed by atoms with Gasteiger partial charge in [-0.2, -0.15) is 0 Å². The van der Waals surface area contributed by atoms with Crippen LogP contribution in [0.4, 0.5) is 10.5 Å². The number of hydrogen-bond donors (Lipinski definition) is 4. The van der Waals surface area contributed by atoms with E-state index in [0.717, 1.165) is 0 Å². The third-order valence-electron chi connectivity index (χ3n) is 3.05. The smallest absolute Gasteiger partial charge is 0.337 e. The number of anilines is 1. The number of aromatic carboxylic acids is 1. The lowest BCUT2D eigenvalue weighted by Crippen LogP contribution is -2.40. The number of carbonyl (C=O) groups excluding carboxylic acids is 2. The van der Waals surface area contributed by atoms with Gasteiger partial charge >= 0.3 is 12.0 Å². The van der Waals surface area contributed by atoms with E-state index in [2.05, 4.69) is 31.9 Å². The Morgan fingerprint density at radius 2 is 2.19 bits per heavy atom. The normalized spacial score (nSPS) is 17.2. The first-order valence-electron chi connectivity index (χ1n) is 6.33. The number of rotatable bonds is 4. The zero-order valence-electron chi connectivity index (χ0n) is 11.0. The molecule has 8 heteroatoms. The number of carboxylic acid groups (broad SMARTS) is 1. The van der Waals surface area contributed by atoms with Gasteiger partial charge in [-0.3, -0.25) is 4.79 Å². The molecule has 1 aromatic carbocycles. The number of carboxylic acids is 1. The molecule has 1 saturated heterocycles. The van der Waals surface area contributed by atoms with Crippen LogP contribution in [0.5, 0.6) is 0 Å². The molecular weight excluding hydrogens is 342 g/mol. The molecule has 1 fully saturated rings. The number of amides is 3. The van der Waals surface area contributed by atoms with Crippen molar-refractivity contribution < 1.29 is 19.5 Å². The fourth-order valence-electron chi connectivity index (χ4n) is 2.02. The van der Waals surface area contributed by atoms with E-state index in [0.29, 0.717) is 23.9 Å². The molecule has 1 aliphatic rings. The van der Waals surface area contributed by atoms with E-state index in [1.54, 1.807) is 6.07 Å². The molecule has 0 saturated carbocycles. The second-order valence-corrected chi connectivity index (χ2v) is 5.55. The van der Waals surface area contributed by atoms with Gasteiger partial charge in [-0.15, -0.1) is 0 Å². The van der Waals surface area contributed by atoms with Crippen LogP contribution < -0.4 is 16.0 Å². The van der Waals surface area contributed by atoms with Gasteiger partial charge in [0.15, 0.2) is 0 Å². The van der Waals surface area contributed by atoms with E-state index >= 15 is 0 Å². The molecule has 1 unspecified atom stereocenters. The zero-order chi connectivity index (χ0) is 15.4. The van der Waals surface area contributed by atoms with Gasteiger partial charge in [0, 0.05) is 23.5 Å². The minimum atomic E-state index is -1.12. The van der Waals surface area contributed by atoms with Gasteiger partial charge in [-0.1, -0.05) is 15.9 Å². The van der Waals surface area contributed by atoms with Gasteiger partial charge < -0.3 is 21.1 Å². The highest BCUT2D eigenvalue weighted by molar-refractivity contribution is 9.10. The fourth-order valence-corrected chi connectivity index (χ4v) is 2.38. The Morgan fingerprint density at radius 3 is 2.81 bits per heavy atom. The van der Waals surface area contributed by atoms with Gasteiger partial charge in [0.25, 0.3) is 0 Å². The number of benzene rings is 1. The van der Waals surface area contributed by atoms with Crippen molar-refractivity contribution in [3.05, 3.63) is 28.2 Å². The van der Waals surface area contributed by atoms with Crippen molar-refractivity contribution in [2.75, 3.05) is 11.9 Å². The standard InChI is InChI=1S/C13H14BrN3O4/c14-7-1-3-9(12(19)20)10(5-7)17-13(21)15-6-8-2-4-11(18)16-8/h1,3,5,8H,2,4,6H2,(H,16,18)(H,19,20)(H2,15,17,21). The maximum absolute atomic E-state index is 11.8. The third-order valence-corrected chi connectivity index (χ3v) is 3.55. The highest BCUT2D eigenvalue weighted by atomic mass is 79.9. The molecule has 21 heavy (non-hydrogen) atoms. The van der Waals surface area contributed by atoms with Crippen LogP contribution in [0.1, 0.15) is 23.2 Å². The van der Waals surface area contributed by atoms with Gasteiger partial charge in [-0.25, -0.2) is 9.59 Å². The molecule has 1 aromatic rings. The van der Waals surface area contributed by atoms with Crippen LogP contribution >= 0.6 is 15.9 Å². The second kappa shape index (κ2) is 6.57.